The summed E-state index contributed by atoms with van der Waals surface area (Å²) in [6, 6.07) is 7.57. The van der Waals surface area contributed by atoms with Gasteiger partial charge in [-0.2, -0.15) is 5.10 Å². The molecule has 0 aromatic heterocycles. The largest absolute Gasteiger partial charge is 0.479 e. The van der Waals surface area contributed by atoms with Crippen LogP contribution in [0.3, 0.4) is 0 Å². The number of rotatable bonds is 9. The second-order valence-corrected chi connectivity index (χ2v) is 9.17. The number of fused-ring (bicyclic) bond motifs is 1. The summed E-state index contributed by atoms with van der Waals surface area (Å²) in [6.45, 7) is 7.57. The van der Waals surface area contributed by atoms with Gasteiger partial charge in [-0.3, -0.25) is 9.59 Å². The van der Waals surface area contributed by atoms with Crippen LogP contribution in [0.15, 0.2) is 35.4 Å². The van der Waals surface area contributed by atoms with Crippen molar-refractivity contribution in [2.45, 2.75) is 46.3 Å². The highest BCUT2D eigenvalue weighted by Crippen LogP contribution is 2.34. The molecule has 0 unspecified atom stereocenters. The van der Waals surface area contributed by atoms with Gasteiger partial charge in [0.15, 0.2) is 17.6 Å². The predicted octanol–water partition coefficient (Wildman–Crippen LogP) is 4.48. The van der Waals surface area contributed by atoms with Crippen LogP contribution in [0.2, 0.25) is 10.0 Å². The first-order chi connectivity index (χ1) is 16.1. The Bertz CT molecular complexity index is 1090. The Hall–Kier alpha value is -2.97. The average Bonchev–Trinajstić information content (AvgIpc) is 3.21. The fraction of sp³-hybridized carbons (Fsp3) is 0.375. The molecule has 8 nitrogen and oxygen atoms in total. The van der Waals surface area contributed by atoms with Crippen molar-refractivity contribution in [2.24, 2.45) is 11.0 Å². The summed E-state index contributed by atoms with van der Waals surface area (Å²) in [7, 11) is 0. The van der Waals surface area contributed by atoms with Crippen LogP contribution in [0.25, 0.3) is 0 Å². The smallest absolute Gasteiger partial charge is 0.262 e. The molecule has 34 heavy (non-hydrogen) atoms. The van der Waals surface area contributed by atoms with E-state index in [4.69, 9.17) is 37.4 Å². The monoisotopic (exact) mass is 507 g/mol. The van der Waals surface area contributed by atoms with Crippen LogP contribution in [0.1, 0.15) is 38.3 Å². The van der Waals surface area contributed by atoms with Gasteiger partial charge in [0.2, 0.25) is 6.79 Å². The van der Waals surface area contributed by atoms with E-state index < -0.39 is 24.0 Å². The van der Waals surface area contributed by atoms with Crippen molar-refractivity contribution in [1.82, 2.24) is 10.7 Å². The molecular weight excluding hydrogens is 481 g/mol. The summed E-state index contributed by atoms with van der Waals surface area (Å²) in [6.07, 6.45) is 1.06. The predicted molar refractivity (Wildman–Crippen MR) is 131 cm³/mol. The number of amides is 2. The molecular formula is C24H27Cl2N3O5. The van der Waals surface area contributed by atoms with Crippen molar-refractivity contribution < 1.29 is 23.8 Å². The Labute approximate surface area is 208 Å². The van der Waals surface area contributed by atoms with Gasteiger partial charge in [-0.15, -0.1) is 0 Å². The molecule has 0 spiro atoms. The molecule has 2 atom stereocenters. The number of carbonyl (C=O) groups is 2. The van der Waals surface area contributed by atoms with Crippen LogP contribution in [0, 0.1) is 12.8 Å². The van der Waals surface area contributed by atoms with Crippen LogP contribution in [0.4, 0.5) is 0 Å². The molecule has 0 fully saturated rings. The number of ether oxygens (including phenoxy) is 3. The van der Waals surface area contributed by atoms with Gasteiger partial charge in [-0.1, -0.05) is 37.0 Å². The second-order valence-electron chi connectivity index (χ2n) is 8.32. The zero-order chi connectivity index (χ0) is 24.8. The fourth-order valence-corrected chi connectivity index (χ4v) is 3.70. The molecule has 1 heterocycles. The maximum Gasteiger partial charge on any atom is 0.262 e. The minimum absolute atomic E-state index is 0.151. The number of hydrazone groups is 1. The first-order valence-electron chi connectivity index (χ1n) is 10.8. The first-order valence-corrected chi connectivity index (χ1v) is 11.5. The first kappa shape index (κ1) is 25.6. The van der Waals surface area contributed by atoms with Gasteiger partial charge in [-0.05, 0) is 62.1 Å². The number of nitrogens with zero attached hydrogens (tertiary/aromatic N) is 1. The Morgan fingerprint density at radius 3 is 2.50 bits per heavy atom. The van der Waals surface area contributed by atoms with E-state index in [1.807, 2.05) is 26.8 Å². The van der Waals surface area contributed by atoms with Crippen molar-refractivity contribution in [1.29, 1.82) is 0 Å². The SMILES string of the molecule is Cc1cc2c(cc1/C=N\NC(=O)[C@@H](CC(C)C)NC(=O)[C@@H](C)Oc1ccc(Cl)cc1Cl)OCO2. The lowest BCUT2D eigenvalue weighted by atomic mass is 10.0. The maximum absolute atomic E-state index is 12.8. The molecule has 0 radical (unpaired) electrons. The van der Waals surface area contributed by atoms with Crippen LogP contribution < -0.4 is 25.0 Å². The molecule has 0 saturated heterocycles. The van der Waals surface area contributed by atoms with Crippen molar-refractivity contribution in [3.63, 3.8) is 0 Å². The Morgan fingerprint density at radius 1 is 1.12 bits per heavy atom. The lowest BCUT2D eigenvalue weighted by molar-refractivity contribution is -0.132. The number of nitrogens with one attached hydrogen (secondary N) is 2. The summed E-state index contributed by atoms with van der Waals surface area (Å²) >= 11 is 12.0. The highest BCUT2D eigenvalue weighted by molar-refractivity contribution is 6.35. The van der Waals surface area contributed by atoms with Gasteiger partial charge >= 0.3 is 0 Å². The van der Waals surface area contributed by atoms with E-state index >= 15 is 0 Å². The number of carbonyl (C=O) groups excluding carboxylic acids is 2. The second kappa shape index (κ2) is 11.4. The number of aryl methyl sites for hydroxylation is 1. The number of hydrogen-bond acceptors (Lipinski definition) is 6. The van der Waals surface area contributed by atoms with Crippen LogP contribution in [0.5, 0.6) is 17.2 Å². The van der Waals surface area contributed by atoms with Crippen LogP contribution in [-0.4, -0.2) is 37.0 Å². The highest BCUT2D eigenvalue weighted by atomic mass is 35.5. The molecule has 3 rings (SSSR count). The van der Waals surface area contributed by atoms with Gasteiger partial charge in [0.05, 0.1) is 11.2 Å². The van der Waals surface area contributed by atoms with E-state index in [0.29, 0.717) is 28.7 Å². The third-order valence-corrected chi connectivity index (χ3v) is 5.58. The van der Waals surface area contributed by atoms with E-state index in [9.17, 15) is 9.59 Å². The molecule has 0 saturated carbocycles. The fourth-order valence-electron chi connectivity index (χ4n) is 3.25. The van der Waals surface area contributed by atoms with E-state index in [0.717, 1.165) is 11.1 Å². The summed E-state index contributed by atoms with van der Waals surface area (Å²) in [5.41, 5.74) is 4.20. The van der Waals surface area contributed by atoms with Crippen LogP contribution in [-0.2, 0) is 9.59 Å². The highest BCUT2D eigenvalue weighted by Gasteiger charge is 2.25. The van der Waals surface area contributed by atoms with Crippen molar-refractivity contribution in [3.05, 3.63) is 51.5 Å². The maximum atomic E-state index is 12.8. The Morgan fingerprint density at radius 2 is 1.82 bits per heavy atom. The van der Waals surface area contributed by atoms with E-state index in [1.165, 1.54) is 12.3 Å². The quantitative estimate of drug-likeness (QED) is 0.385. The molecule has 2 aromatic rings. The molecule has 2 aromatic carbocycles. The zero-order valence-electron chi connectivity index (χ0n) is 19.4. The van der Waals surface area contributed by atoms with E-state index in [2.05, 4.69) is 15.8 Å². The minimum Gasteiger partial charge on any atom is -0.479 e. The molecule has 1 aliphatic heterocycles. The van der Waals surface area contributed by atoms with E-state index in [-0.39, 0.29) is 17.7 Å². The summed E-state index contributed by atoms with van der Waals surface area (Å²) in [5.74, 6) is 0.879. The van der Waals surface area contributed by atoms with Gasteiger partial charge in [0, 0.05) is 10.6 Å². The van der Waals surface area contributed by atoms with Crippen molar-refractivity contribution >= 4 is 41.2 Å². The zero-order valence-corrected chi connectivity index (χ0v) is 20.9. The van der Waals surface area contributed by atoms with Crippen molar-refractivity contribution in [3.8, 4) is 17.2 Å². The molecule has 2 N–H and O–H groups in total. The molecule has 1 aliphatic rings. The number of halogens is 2. The summed E-state index contributed by atoms with van der Waals surface area (Å²) in [5, 5.41) is 7.55. The number of hydrogen-bond donors (Lipinski definition) is 2. The van der Waals surface area contributed by atoms with E-state index in [1.54, 1.807) is 25.1 Å². The minimum atomic E-state index is -0.888. The van der Waals surface area contributed by atoms with Crippen LogP contribution >= 0.6 is 23.2 Å². The molecule has 0 aliphatic carbocycles. The number of benzene rings is 2. The molecule has 182 valence electrons. The Kier molecular flexibility index (Phi) is 8.63. The topological polar surface area (TPSA) is 98.3 Å². The third-order valence-electron chi connectivity index (χ3n) is 5.05. The van der Waals surface area contributed by atoms with Gasteiger partial charge < -0.3 is 19.5 Å². The molecule has 10 heteroatoms. The lowest BCUT2D eigenvalue weighted by Gasteiger charge is -2.22. The summed E-state index contributed by atoms with van der Waals surface area (Å²) in [4.78, 5) is 25.5. The standard InChI is InChI=1S/C24H27Cl2N3O5/c1-13(2)7-19(28-23(30)15(4)34-20-6-5-17(25)10-18(20)26)24(31)29-27-11-16-9-22-21(8-14(16)3)32-12-33-22/h5-6,8-11,13,15,19H,7,12H2,1-4H3,(H,28,30)(H,29,31)/b27-11-/t15-,19-/m1/s1. The van der Waals surface area contributed by atoms with Gasteiger partial charge in [0.1, 0.15) is 11.8 Å². The summed E-state index contributed by atoms with van der Waals surface area (Å²) < 4.78 is 16.4. The van der Waals surface area contributed by atoms with Gasteiger partial charge in [-0.25, -0.2) is 5.43 Å². The normalized spacial score (nSPS) is 14.2. The molecule has 2 amide bonds. The Balaban J connectivity index is 1.62. The average molecular weight is 508 g/mol. The van der Waals surface area contributed by atoms with Crippen molar-refractivity contribution in [2.75, 3.05) is 6.79 Å². The molecule has 0 bridgehead atoms. The van der Waals surface area contributed by atoms with Gasteiger partial charge in [0.25, 0.3) is 11.8 Å². The third kappa shape index (κ3) is 6.77. The lowest BCUT2D eigenvalue weighted by Crippen LogP contribution is -2.49.